The van der Waals surface area contributed by atoms with Crippen molar-refractivity contribution in [1.82, 2.24) is 15.2 Å². The lowest BCUT2D eigenvalue weighted by Gasteiger charge is -2.39. The fourth-order valence-electron chi connectivity index (χ4n) is 3.09. The second-order valence-corrected chi connectivity index (χ2v) is 8.79. The number of aromatic nitrogens is 1. The lowest BCUT2D eigenvalue weighted by atomic mass is 10.1. The Bertz CT molecular complexity index is 907. The van der Waals surface area contributed by atoms with E-state index in [4.69, 9.17) is 14.2 Å². The molecule has 8 nitrogen and oxygen atoms in total. The number of nitrogens with one attached hydrogen (secondary N) is 1. The van der Waals surface area contributed by atoms with Gasteiger partial charge in [0.05, 0.1) is 30.9 Å². The van der Waals surface area contributed by atoms with Crippen LogP contribution in [0.1, 0.15) is 45.0 Å². The van der Waals surface area contributed by atoms with Crippen molar-refractivity contribution in [1.29, 1.82) is 0 Å². The minimum atomic E-state index is -0.528. The number of pyridine rings is 1. The Labute approximate surface area is 188 Å². The molecule has 1 N–H and O–H groups in total. The molecule has 0 radical (unpaired) electrons. The number of likely N-dealkylation sites (tertiary alicyclic amines) is 1. The average molecular weight is 442 g/mol. The highest BCUT2D eigenvalue weighted by Gasteiger charge is 2.34. The molecule has 0 saturated carbocycles. The van der Waals surface area contributed by atoms with Crippen LogP contribution in [0.2, 0.25) is 0 Å². The smallest absolute Gasteiger partial charge is 0.410 e. The van der Waals surface area contributed by atoms with E-state index in [1.54, 1.807) is 11.1 Å². The molecule has 0 unspecified atom stereocenters. The Kier molecular flexibility index (Phi) is 7.69. The summed E-state index contributed by atoms with van der Waals surface area (Å²) < 4.78 is 16.7. The van der Waals surface area contributed by atoms with Gasteiger partial charge in [-0.05, 0) is 57.5 Å². The standard InChI is InChI=1S/C24H31N3O5/c1-17(18-8-7-10-20(12-18)30-15-19-9-5-6-11-25-19)26-22(28)16-31-21-13-27(14-21)23(29)32-24(2,3)4/h5-12,17,21H,13-16H2,1-4H3,(H,26,28)/t17-/m0/s1. The number of carbonyl (C=O) groups excluding carboxylic acids is 2. The zero-order valence-electron chi connectivity index (χ0n) is 19.0. The highest BCUT2D eigenvalue weighted by molar-refractivity contribution is 5.77. The molecule has 1 atom stereocenters. The van der Waals surface area contributed by atoms with E-state index in [0.29, 0.717) is 25.4 Å². The van der Waals surface area contributed by atoms with E-state index in [-0.39, 0.29) is 30.8 Å². The molecule has 2 amide bonds. The number of hydrogen-bond donors (Lipinski definition) is 1. The lowest BCUT2D eigenvalue weighted by molar-refractivity contribution is -0.132. The van der Waals surface area contributed by atoms with Crippen molar-refractivity contribution >= 4 is 12.0 Å². The van der Waals surface area contributed by atoms with Crippen molar-refractivity contribution in [3.8, 4) is 5.75 Å². The van der Waals surface area contributed by atoms with Crippen LogP contribution < -0.4 is 10.1 Å². The van der Waals surface area contributed by atoms with Crippen LogP contribution in [-0.2, 0) is 20.9 Å². The van der Waals surface area contributed by atoms with Gasteiger partial charge < -0.3 is 24.4 Å². The summed E-state index contributed by atoms with van der Waals surface area (Å²) in [5.74, 6) is 0.496. The van der Waals surface area contributed by atoms with Gasteiger partial charge in [0.25, 0.3) is 0 Å². The third-order valence-electron chi connectivity index (χ3n) is 4.80. The minimum Gasteiger partial charge on any atom is -0.487 e. The molecular formula is C24H31N3O5. The summed E-state index contributed by atoms with van der Waals surface area (Å²) in [7, 11) is 0. The molecule has 1 fully saturated rings. The third-order valence-corrected chi connectivity index (χ3v) is 4.80. The Morgan fingerprint density at radius 3 is 2.66 bits per heavy atom. The van der Waals surface area contributed by atoms with Crippen molar-refractivity contribution in [2.75, 3.05) is 19.7 Å². The van der Waals surface area contributed by atoms with Gasteiger partial charge in [-0.3, -0.25) is 9.78 Å². The SMILES string of the molecule is C[C@H](NC(=O)COC1CN(C(=O)OC(C)(C)C)C1)c1cccc(OCc2ccccn2)c1. The van der Waals surface area contributed by atoms with Crippen molar-refractivity contribution < 1.29 is 23.8 Å². The molecule has 2 heterocycles. The monoisotopic (exact) mass is 441 g/mol. The van der Waals surface area contributed by atoms with Crippen LogP contribution in [0.3, 0.4) is 0 Å². The molecule has 8 heteroatoms. The number of ether oxygens (including phenoxy) is 3. The van der Waals surface area contributed by atoms with Gasteiger partial charge in [-0.2, -0.15) is 0 Å². The summed E-state index contributed by atoms with van der Waals surface area (Å²) in [4.78, 5) is 30.0. The second kappa shape index (κ2) is 10.5. The molecule has 3 rings (SSSR count). The van der Waals surface area contributed by atoms with E-state index in [1.807, 2.05) is 70.2 Å². The number of rotatable bonds is 8. The molecule has 1 aromatic heterocycles. The molecule has 1 aliphatic rings. The first-order valence-electron chi connectivity index (χ1n) is 10.7. The molecule has 0 aliphatic carbocycles. The quantitative estimate of drug-likeness (QED) is 0.675. The molecule has 0 bridgehead atoms. The van der Waals surface area contributed by atoms with E-state index in [1.165, 1.54) is 0 Å². The number of amides is 2. The number of carbonyl (C=O) groups is 2. The fraction of sp³-hybridized carbons (Fsp3) is 0.458. The van der Waals surface area contributed by atoms with E-state index in [9.17, 15) is 9.59 Å². The van der Waals surface area contributed by atoms with Crippen LogP contribution in [-0.4, -0.2) is 53.3 Å². The third kappa shape index (κ3) is 7.23. The van der Waals surface area contributed by atoms with Crippen LogP contribution in [0.25, 0.3) is 0 Å². The number of nitrogens with zero attached hydrogens (tertiary/aromatic N) is 2. The lowest BCUT2D eigenvalue weighted by Crippen LogP contribution is -2.56. The first-order valence-corrected chi connectivity index (χ1v) is 10.7. The van der Waals surface area contributed by atoms with Crippen molar-refractivity contribution in [3.05, 3.63) is 59.9 Å². The fourth-order valence-corrected chi connectivity index (χ4v) is 3.09. The maximum atomic E-state index is 12.3. The van der Waals surface area contributed by atoms with Gasteiger partial charge in [-0.25, -0.2) is 4.79 Å². The maximum absolute atomic E-state index is 12.3. The minimum absolute atomic E-state index is 0.0625. The predicted octanol–water partition coefficient (Wildman–Crippen LogP) is 3.47. The van der Waals surface area contributed by atoms with Crippen LogP contribution in [0.5, 0.6) is 5.75 Å². The molecule has 1 saturated heterocycles. The van der Waals surface area contributed by atoms with Crippen LogP contribution in [0.4, 0.5) is 4.79 Å². The molecule has 32 heavy (non-hydrogen) atoms. The van der Waals surface area contributed by atoms with Crippen molar-refractivity contribution in [2.24, 2.45) is 0 Å². The highest BCUT2D eigenvalue weighted by atomic mass is 16.6. The van der Waals surface area contributed by atoms with Crippen molar-refractivity contribution in [2.45, 2.75) is 52.0 Å². The highest BCUT2D eigenvalue weighted by Crippen LogP contribution is 2.20. The molecular weight excluding hydrogens is 410 g/mol. The van der Waals surface area contributed by atoms with Crippen molar-refractivity contribution in [3.63, 3.8) is 0 Å². The van der Waals surface area contributed by atoms with Crippen LogP contribution >= 0.6 is 0 Å². The summed E-state index contributed by atoms with van der Waals surface area (Å²) in [6.45, 7) is 8.54. The zero-order valence-corrected chi connectivity index (χ0v) is 19.0. The van der Waals surface area contributed by atoms with E-state index in [2.05, 4.69) is 10.3 Å². The second-order valence-electron chi connectivity index (χ2n) is 8.79. The van der Waals surface area contributed by atoms with Crippen LogP contribution in [0, 0.1) is 0 Å². The number of benzene rings is 1. The maximum Gasteiger partial charge on any atom is 0.410 e. The Morgan fingerprint density at radius 2 is 1.97 bits per heavy atom. The number of hydrogen-bond acceptors (Lipinski definition) is 6. The first-order chi connectivity index (χ1) is 15.2. The van der Waals surface area contributed by atoms with E-state index >= 15 is 0 Å². The molecule has 1 aliphatic heterocycles. The average Bonchev–Trinajstić information content (AvgIpc) is 2.70. The van der Waals surface area contributed by atoms with Gasteiger partial charge in [0, 0.05) is 6.20 Å². The summed E-state index contributed by atoms with van der Waals surface area (Å²) in [5, 5.41) is 2.93. The van der Waals surface area contributed by atoms with Crippen LogP contribution in [0.15, 0.2) is 48.7 Å². The molecule has 172 valence electrons. The molecule has 1 aromatic carbocycles. The molecule has 2 aromatic rings. The predicted molar refractivity (Wildman–Crippen MR) is 119 cm³/mol. The van der Waals surface area contributed by atoms with Gasteiger partial charge in [-0.1, -0.05) is 18.2 Å². The van der Waals surface area contributed by atoms with Gasteiger partial charge >= 0.3 is 6.09 Å². The normalized spacial score (nSPS) is 14.9. The van der Waals surface area contributed by atoms with E-state index in [0.717, 1.165) is 11.3 Å². The van der Waals surface area contributed by atoms with Gasteiger partial charge in [-0.15, -0.1) is 0 Å². The topological polar surface area (TPSA) is 90.0 Å². The summed E-state index contributed by atoms with van der Waals surface area (Å²) in [6, 6.07) is 13.1. The Morgan fingerprint density at radius 1 is 1.19 bits per heavy atom. The zero-order chi connectivity index (χ0) is 23.1. The largest absolute Gasteiger partial charge is 0.487 e. The Balaban J connectivity index is 1.39. The van der Waals surface area contributed by atoms with Gasteiger partial charge in [0.15, 0.2) is 0 Å². The summed E-state index contributed by atoms with van der Waals surface area (Å²) in [6.07, 6.45) is 1.21. The first kappa shape index (κ1) is 23.5. The Hall–Kier alpha value is -3.13. The molecule has 0 spiro atoms. The van der Waals surface area contributed by atoms with Gasteiger partial charge in [0.1, 0.15) is 24.6 Å². The van der Waals surface area contributed by atoms with Gasteiger partial charge in [0.2, 0.25) is 5.91 Å². The van der Waals surface area contributed by atoms with E-state index < -0.39 is 5.60 Å². The summed E-state index contributed by atoms with van der Waals surface area (Å²) in [5.41, 5.74) is 1.24. The summed E-state index contributed by atoms with van der Waals surface area (Å²) >= 11 is 0.